The molecule has 1 aromatic rings. The highest BCUT2D eigenvalue weighted by molar-refractivity contribution is 5.50. The number of nitriles is 1. The van der Waals surface area contributed by atoms with Crippen LogP contribution in [0.3, 0.4) is 0 Å². The van der Waals surface area contributed by atoms with Gasteiger partial charge in [0.2, 0.25) is 0 Å². The molecule has 0 bridgehead atoms. The van der Waals surface area contributed by atoms with Crippen molar-refractivity contribution in [2.24, 2.45) is 5.73 Å². The highest BCUT2D eigenvalue weighted by atomic mass is 14.6. The first-order valence-electron chi connectivity index (χ1n) is 3.70. The van der Waals surface area contributed by atoms with Gasteiger partial charge in [0, 0.05) is 11.7 Å². The number of nitrogens with two attached hydrogens (primary N) is 2. The Hall–Kier alpha value is -1.53. The van der Waals surface area contributed by atoms with Gasteiger partial charge in [0.1, 0.15) is 0 Å². The minimum atomic E-state index is -0.125. The Labute approximate surface area is 71.6 Å². The first kappa shape index (κ1) is 8.57. The third kappa shape index (κ3) is 1.55. The highest BCUT2D eigenvalue weighted by Gasteiger charge is 2.05. The quantitative estimate of drug-likeness (QED) is 0.607. The zero-order chi connectivity index (χ0) is 9.14. The van der Waals surface area contributed by atoms with E-state index in [4.69, 9.17) is 16.7 Å². The standard InChI is InChI=1S/C9H11N3/c1-6(11)9-3-2-8(12)4-7(9)5-10/h2-4,6H,11-12H2,1H3/t6-/m1/s1. The average molecular weight is 161 g/mol. The van der Waals surface area contributed by atoms with E-state index in [1.165, 1.54) is 0 Å². The summed E-state index contributed by atoms with van der Waals surface area (Å²) >= 11 is 0. The lowest BCUT2D eigenvalue weighted by Gasteiger charge is -2.07. The molecule has 0 amide bonds. The molecule has 1 atom stereocenters. The summed E-state index contributed by atoms with van der Waals surface area (Å²) in [6.45, 7) is 1.84. The van der Waals surface area contributed by atoms with Crippen molar-refractivity contribution in [3.8, 4) is 6.07 Å². The fraction of sp³-hybridized carbons (Fsp3) is 0.222. The van der Waals surface area contributed by atoms with Gasteiger partial charge in [-0.25, -0.2) is 0 Å². The Morgan fingerprint density at radius 2 is 2.17 bits per heavy atom. The zero-order valence-electron chi connectivity index (χ0n) is 6.91. The summed E-state index contributed by atoms with van der Waals surface area (Å²) in [5.74, 6) is 0. The van der Waals surface area contributed by atoms with Gasteiger partial charge >= 0.3 is 0 Å². The van der Waals surface area contributed by atoms with Gasteiger partial charge in [0.15, 0.2) is 0 Å². The van der Waals surface area contributed by atoms with Crippen LogP contribution in [0.5, 0.6) is 0 Å². The van der Waals surface area contributed by atoms with Crippen molar-refractivity contribution in [1.82, 2.24) is 0 Å². The largest absolute Gasteiger partial charge is 0.399 e. The van der Waals surface area contributed by atoms with Crippen LogP contribution in [0.15, 0.2) is 18.2 Å². The molecule has 1 aromatic carbocycles. The third-order valence-corrected chi connectivity index (χ3v) is 1.69. The molecule has 4 N–H and O–H groups in total. The van der Waals surface area contributed by atoms with Gasteiger partial charge in [-0.05, 0) is 24.6 Å². The van der Waals surface area contributed by atoms with Crippen LogP contribution in [0.25, 0.3) is 0 Å². The summed E-state index contributed by atoms with van der Waals surface area (Å²) in [6.07, 6.45) is 0. The maximum Gasteiger partial charge on any atom is 0.0995 e. The predicted octanol–water partition coefficient (Wildman–Crippen LogP) is 1.16. The molecule has 0 saturated heterocycles. The second kappa shape index (κ2) is 3.24. The van der Waals surface area contributed by atoms with Gasteiger partial charge in [0.25, 0.3) is 0 Å². The van der Waals surface area contributed by atoms with Crippen molar-refractivity contribution in [1.29, 1.82) is 5.26 Å². The molecule has 3 nitrogen and oxygen atoms in total. The zero-order valence-corrected chi connectivity index (χ0v) is 6.91. The molecule has 0 aromatic heterocycles. The van der Waals surface area contributed by atoms with E-state index in [1.807, 2.05) is 6.92 Å². The van der Waals surface area contributed by atoms with E-state index in [-0.39, 0.29) is 6.04 Å². The van der Waals surface area contributed by atoms with Gasteiger partial charge in [-0.1, -0.05) is 6.07 Å². The molecule has 0 aliphatic heterocycles. The van der Waals surface area contributed by atoms with Crippen molar-refractivity contribution >= 4 is 5.69 Å². The summed E-state index contributed by atoms with van der Waals surface area (Å²) < 4.78 is 0. The smallest absolute Gasteiger partial charge is 0.0995 e. The molecule has 62 valence electrons. The topological polar surface area (TPSA) is 75.8 Å². The Bertz CT molecular complexity index is 323. The van der Waals surface area contributed by atoms with Gasteiger partial charge in [-0.3, -0.25) is 0 Å². The van der Waals surface area contributed by atoms with Gasteiger partial charge < -0.3 is 11.5 Å². The Morgan fingerprint density at radius 3 is 2.67 bits per heavy atom. The minimum absolute atomic E-state index is 0.125. The van der Waals surface area contributed by atoms with E-state index in [0.29, 0.717) is 11.3 Å². The van der Waals surface area contributed by atoms with Crippen molar-refractivity contribution in [2.75, 3.05) is 5.73 Å². The highest BCUT2D eigenvalue weighted by Crippen LogP contribution is 2.17. The van der Waals surface area contributed by atoms with Crippen LogP contribution in [-0.2, 0) is 0 Å². The molecule has 0 spiro atoms. The van der Waals surface area contributed by atoms with Crippen LogP contribution in [0.4, 0.5) is 5.69 Å². The maximum atomic E-state index is 8.73. The van der Waals surface area contributed by atoms with Crippen molar-refractivity contribution in [3.05, 3.63) is 29.3 Å². The fourth-order valence-electron chi connectivity index (χ4n) is 1.07. The summed E-state index contributed by atoms with van der Waals surface area (Å²) in [7, 11) is 0. The maximum absolute atomic E-state index is 8.73. The first-order chi connectivity index (χ1) is 5.65. The summed E-state index contributed by atoms with van der Waals surface area (Å²) in [5, 5.41) is 8.73. The van der Waals surface area contributed by atoms with E-state index in [9.17, 15) is 0 Å². The molecule has 0 unspecified atom stereocenters. The molecule has 0 radical (unpaired) electrons. The van der Waals surface area contributed by atoms with E-state index in [0.717, 1.165) is 5.56 Å². The molecule has 0 heterocycles. The van der Waals surface area contributed by atoms with E-state index in [2.05, 4.69) is 6.07 Å². The van der Waals surface area contributed by atoms with Crippen LogP contribution in [0.2, 0.25) is 0 Å². The lowest BCUT2D eigenvalue weighted by molar-refractivity contribution is 0.815. The lowest BCUT2D eigenvalue weighted by Crippen LogP contribution is -2.07. The van der Waals surface area contributed by atoms with Crippen LogP contribution in [0, 0.1) is 11.3 Å². The van der Waals surface area contributed by atoms with Gasteiger partial charge in [0.05, 0.1) is 11.6 Å². The fourth-order valence-corrected chi connectivity index (χ4v) is 1.07. The summed E-state index contributed by atoms with van der Waals surface area (Å²) in [5.41, 5.74) is 13.2. The number of hydrogen-bond donors (Lipinski definition) is 2. The average Bonchev–Trinajstić information content (AvgIpc) is 2.03. The van der Waals surface area contributed by atoms with E-state index >= 15 is 0 Å². The number of nitrogen functional groups attached to an aromatic ring is 1. The first-order valence-corrected chi connectivity index (χ1v) is 3.70. The number of anilines is 1. The Kier molecular flexibility index (Phi) is 2.32. The molecule has 0 aliphatic carbocycles. The Balaban J connectivity index is 3.23. The normalized spacial score (nSPS) is 12.1. The number of hydrogen-bond acceptors (Lipinski definition) is 3. The minimum Gasteiger partial charge on any atom is -0.399 e. The molecule has 0 fully saturated rings. The number of rotatable bonds is 1. The molecular weight excluding hydrogens is 150 g/mol. The van der Waals surface area contributed by atoms with Crippen molar-refractivity contribution in [2.45, 2.75) is 13.0 Å². The second-order valence-corrected chi connectivity index (χ2v) is 2.75. The van der Waals surface area contributed by atoms with Crippen LogP contribution in [0.1, 0.15) is 24.1 Å². The monoisotopic (exact) mass is 161 g/mol. The van der Waals surface area contributed by atoms with Crippen molar-refractivity contribution < 1.29 is 0 Å². The van der Waals surface area contributed by atoms with Crippen LogP contribution < -0.4 is 11.5 Å². The van der Waals surface area contributed by atoms with Crippen molar-refractivity contribution in [3.63, 3.8) is 0 Å². The molecule has 12 heavy (non-hydrogen) atoms. The van der Waals surface area contributed by atoms with E-state index < -0.39 is 0 Å². The molecule has 1 rings (SSSR count). The van der Waals surface area contributed by atoms with Crippen LogP contribution >= 0.6 is 0 Å². The van der Waals surface area contributed by atoms with Crippen LogP contribution in [-0.4, -0.2) is 0 Å². The van der Waals surface area contributed by atoms with Gasteiger partial charge in [-0.15, -0.1) is 0 Å². The molecule has 3 heteroatoms. The molecule has 0 aliphatic rings. The molecule has 0 saturated carbocycles. The van der Waals surface area contributed by atoms with E-state index in [1.54, 1.807) is 18.2 Å². The molecular formula is C9H11N3. The Morgan fingerprint density at radius 1 is 1.50 bits per heavy atom. The number of benzene rings is 1. The summed E-state index contributed by atoms with van der Waals surface area (Å²) in [6, 6.07) is 7.11. The SMILES string of the molecule is C[C@@H](N)c1ccc(N)cc1C#N. The predicted molar refractivity (Wildman–Crippen MR) is 48.2 cm³/mol. The van der Waals surface area contributed by atoms with Gasteiger partial charge in [-0.2, -0.15) is 5.26 Å². The number of nitrogens with zero attached hydrogens (tertiary/aromatic N) is 1. The summed E-state index contributed by atoms with van der Waals surface area (Å²) in [4.78, 5) is 0. The third-order valence-electron chi connectivity index (χ3n) is 1.69. The second-order valence-electron chi connectivity index (χ2n) is 2.75. The lowest BCUT2D eigenvalue weighted by atomic mass is 10.0.